The Balaban J connectivity index is 1.94. The summed E-state index contributed by atoms with van der Waals surface area (Å²) < 4.78 is 20.9. The molecule has 2 aromatic rings. The summed E-state index contributed by atoms with van der Waals surface area (Å²) in [5.41, 5.74) is 6.44. The van der Waals surface area contributed by atoms with E-state index in [1.807, 2.05) is 6.07 Å². The van der Waals surface area contributed by atoms with Crippen LogP contribution in [-0.4, -0.2) is 29.9 Å². The third-order valence-corrected chi connectivity index (χ3v) is 3.50. The van der Waals surface area contributed by atoms with Gasteiger partial charge in [-0.3, -0.25) is 4.90 Å². The van der Waals surface area contributed by atoms with Crippen molar-refractivity contribution >= 4 is 11.8 Å². The molecule has 1 aromatic heterocycles. The number of carbonyl (C=O) groups is 1. The summed E-state index contributed by atoms with van der Waals surface area (Å²) in [6.07, 6.45) is 0.678. The Labute approximate surface area is 126 Å². The smallest absolute Gasteiger partial charge is 0.414 e. The molecule has 0 radical (unpaired) electrons. The van der Waals surface area contributed by atoms with Gasteiger partial charge in [0.1, 0.15) is 23.7 Å². The average Bonchev–Trinajstić information content (AvgIpc) is 3.13. The van der Waals surface area contributed by atoms with E-state index >= 15 is 0 Å². The Morgan fingerprint density at radius 3 is 2.91 bits per heavy atom. The van der Waals surface area contributed by atoms with Crippen molar-refractivity contribution in [3.05, 3.63) is 48.0 Å². The van der Waals surface area contributed by atoms with Crippen molar-refractivity contribution in [1.29, 1.82) is 5.26 Å². The normalized spacial score (nSPS) is 17.4. The number of cyclic esters (lactones) is 1. The largest absolute Gasteiger partial charge is 0.443 e. The molecule has 1 saturated heterocycles. The number of aromatic nitrogens is 1. The Morgan fingerprint density at radius 1 is 1.45 bits per heavy atom. The van der Waals surface area contributed by atoms with E-state index < -0.39 is 11.9 Å². The van der Waals surface area contributed by atoms with Crippen molar-refractivity contribution in [2.75, 3.05) is 18.0 Å². The zero-order chi connectivity index (χ0) is 15.7. The molecule has 2 heterocycles. The topological polar surface area (TPSA) is 84.3 Å². The van der Waals surface area contributed by atoms with E-state index in [1.165, 1.54) is 21.6 Å². The molecule has 6 nitrogen and oxygen atoms in total. The van der Waals surface area contributed by atoms with Gasteiger partial charge in [0.05, 0.1) is 17.9 Å². The van der Waals surface area contributed by atoms with Gasteiger partial charge < -0.3 is 15.0 Å². The molecule has 0 bridgehead atoms. The van der Waals surface area contributed by atoms with Crippen molar-refractivity contribution in [3.63, 3.8) is 0 Å². The molecular formula is C15H13FN4O2. The second-order valence-corrected chi connectivity index (χ2v) is 4.86. The molecular weight excluding hydrogens is 287 g/mol. The van der Waals surface area contributed by atoms with Gasteiger partial charge in [-0.25, -0.2) is 9.18 Å². The molecule has 1 aliphatic heterocycles. The number of nitriles is 1. The van der Waals surface area contributed by atoms with Crippen molar-refractivity contribution in [2.24, 2.45) is 5.73 Å². The Kier molecular flexibility index (Phi) is 3.53. The van der Waals surface area contributed by atoms with E-state index in [4.69, 9.17) is 15.7 Å². The third-order valence-electron chi connectivity index (χ3n) is 3.50. The minimum Gasteiger partial charge on any atom is -0.443 e. The van der Waals surface area contributed by atoms with Crippen LogP contribution in [0.2, 0.25) is 0 Å². The number of ether oxygens (including phenoxy) is 1. The Morgan fingerprint density at radius 2 is 2.27 bits per heavy atom. The molecule has 3 rings (SSSR count). The fourth-order valence-electron chi connectivity index (χ4n) is 2.40. The highest BCUT2D eigenvalue weighted by Gasteiger charge is 2.31. The number of hydrogen-bond acceptors (Lipinski definition) is 4. The predicted molar refractivity (Wildman–Crippen MR) is 77.1 cm³/mol. The maximum atomic E-state index is 14.4. The molecule has 1 aromatic carbocycles. The van der Waals surface area contributed by atoms with E-state index in [0.717, 1.165) is 0 Å². The Bertz CT molecular complexity index is 765. The summed E-state index contributed by atoms with van der Waals surface area (Å²) in [6.45, 7) is 0.513. The van der Waals surface area contributed by atoms with E-state index in [-0.39, 0.29) is 18.3 Å². The summed E-state index contributed by atoms with van der Waals surface area (Å²) in [4.78, 5) is 13.1. The van der Waals surface area contributed by atoms with Gasteiger partial charge in [0.15, 0.2) is 0 Å². The van der Waals surface area contributed by atoms with Crippen LogP contribution in [0.5, 0.6) is 0 Å². The molecule has 0 spiro atoms. The van der Waals surface area contributed by atoms with Gasteiger partial charge in [0, 0.05) is 12.7 Å². The molecule has 1 atom stereocenters. The van der Waals surface area contributed by atoms with E-state index in [1.54, 1.807) is 24.4 Å². The fraction of sp³-hybridized carbons (Fsp3) is 0.200. The van der Waals surface area contributed by atoms with Crippen LogP contribution in [-0.2, 0) is 4.74 Å². The van der Waals surface area contributed by atoms with Gasteiger partial charge in [-0.05, 0) is 30.3 Å². The van der Waals surface area contributed by atoms with E-state index in [2.05, 4.69) is 0 Å². The first-order valence-electron chi connectivity index (χ1n) is 6.69. The zero-order valence-electron chi connectivity index (χ0n) is 11.6. The quantitative estimate of drug-likeness (QED) is 0.936. The molecule has 112 valence electrons. The number of benzene rings is 1. The van der Waals surface area contributed by atoms with Crippen molar-refractivity contribution in [3.8, 4) is 11.8 Å². The number of rotatable bonds is 3. The monoisotopic (exact) mass is 300 g/mol. The van der Waals surface area contributed by atoms with Crippen LogP contribution in [0.25, 0.3) is 5.69 Å². The zero-order valence-corrected chi connectivity index (χ0v) is 11.6. The molecule has 0 aliphatic carbocycles. The summed E-state index contributed by atoms with van der Waals surface area (Å²) in [7, 11) is 0. The van der Waals surface area contributed by atoms with Gasteiger partial charge in [-0.1, -0.05) is 0 Å². The SMILES string of the molecule is N#Cc1cccn1-c1ccc(N2CC(CN)OC2=O)cc1F. The lowest BCUT2D eigenvalue weighted by molar-refractivity contribution is 0.145. The molecule has 22 heavy (non-hydrogen) atoms. The summed E-state index contributed by atoms with van der Waals surface area (Å²) >= 11 is 0. The maximum Gasteiger partial charge on any atom is 0.414 e. The molecule has 7 heteroatoms. The van der Waals surface area contributed by atoms with Gasteiger partial charge in [-0.15, -0.1) is 0 Å². The van der Waals surface area contributed by atoms with Crippen LogP contribution in [0, 0.1) is 17.1 Å². The minimum absolute atomic E-state index is 0.220. The molecule has 2 N–H and O–H groups in total. The van der Waals surface area contributed by atoms with Crippen molar-refractivity contribution in [2.45, 2.75) is 6.10 Å². The molecule has 1 aliphatic rings. The number of anilines is 1. The lowest BCUT2D eigenvalue weighted by atomic mass is 10.2. The van der Waals surface area contributed by atoms with E-state index in [9.17, 15) is 9.18 Å². The highest BCUT2D eigenvalue weighted by Crippen LogP contribution is 2.26. The van der Waals surface area contributed by atoms with Crippen molar-refractivity contribution in [1.82, 2.24) is 4.57 Å². The second kappa shape index (κ2) is 5.50. The summed E-state index contributed by atoms with van der Waals surface area (Å²) in [5.74, 6) is -0.533. The number of nitrogens with zero attached hydrogens (tertiary/aromatic N) is 3. The number of hydrogen-bond donors (Lipinski definition) is 1. The maximum absolute atomic E-state index is 14.4. The number of carbonyl (C=O) groups excluding carboxylic acids is 1. The molecule has 0 saturated carbocycles. The second-order valence-electron chi connectivity index (χ2n) is 4.86. The van der Waals surface area contributed by atoms with E-state index in [0.29, 0.717) is 17.9 Å². The highest BCUT2D eigenvalue weighted by atomic mass is 19.1. The third kappa shape index (κ3) is 2.29. The highest BCUT2D eigenvalue weighted by molar-refractivity contribution is 5.89. The van der Waals surface area contributed by atoms with Crippen LogP contribution in [0.3, 0.4) is 0 Å². The first-order valence-corrected chi connectivity index (χ1v) is 6.69. The van der Waals surface area contributed by atoms with Crippen LogP contribution < -0.4 is 10.6 Å². The summed E-state index contributed by atoms with van der Waals surface area (Å²) in [6, 6.07) is 9.63. The lowest BCUT2D eigenvalue weighted by Gasteiger charge is -2.15. The number of nitrogens with two attached hydrogens (primary N) is 1. The van der Waals surface area contributed by atoms with Gasteiger partial charge in [-0.2, -0.15) is 5.26 Å². The molecule has 1 amide bonds. The standard InChI is InChI=1S/C15H13FN4O2/c16-13-6-10(20-9-12(8-18)22-15(20)21)3-4-14(13)19-5-1-2-11(19)7-17/h1-6,12H,8-9,18H2. The minimum atomic E-state index is -0.540. The summed E-state index contributed by atoms with van der Waals surface area (Å²) in [5, 5.41) is 9.00. The predicted octanol–water partition coefficient (Wildman–Crippen LogP) is 1.77. The van der Waals surface area contributed by atoms with Crippen LogP contribution in [0.15, 0.2) is 36.5 Å². The van der Waals surface area contributed by atoms with Crippen LogP contribution in [0.4, 0.5) is 14.9 Å². The van der Waals surface area contributed by atoms with Gasteiger partial charge in [0.25, 0.3) is 0 Å². The molecule has 1 fully saturated rings. The Hall–Kier alpha value is -2.85. The fourth-order valence-corrected chi connectivity index (χ4v) is 2.40. The lowest BCUT2D eigenvalue weighted by Crippen LogP contribution is -2.27. The van der Waals surface area contributed by atoms with Gasteiger partial charge >= 0.3 is 6.09 Å². The van der Waals surface area contributed by atoms with Gasteiger partial charge in [0.2, 0.25) is 0 Å². The number of amides is 1. The number of halogens is 1. The first-order chi connectivity index (χ1) is 10.6. The first kappa shape index (κ1) is 14.1. The van der Waals surface area contributed by atoms with Crippen LogP contribution in [0.1, 0.15) is 5.69 Å². The molecule has 1 unspecified atom stereocenters. The van der Waals surface area contributed by atoms with Crippen LogP contribution >= 0.6 is 0 Å². The van der Waals surface area contributed by atoms with Crippen molar-refractivity contribution < 1.29 is 13.9 Å². The average molecular weight is 300 g/mol.